The number of halogens is 2. The van der Waals surface area contributed by atoms with Crippen molar-refractivity contribution in [2.24, 2.45) is 0 Å². The molecular formula is C15H14BrClN2O2. The van der Waals surface area contributed by atoms with Crippen LogP contribution >= 0.6 is 27.5 Å². The van der Waals surface area contributed by atoms with Crippen molar-refractivity contribution >= 4 is 39.1 Å². The van der Waals surface area contributed by atoms with E-state index in [0.29, 0.717) is 28.8 Å². The summed E-state index contributed by atoms with van der Waals surface area (Å²) in [5.74, 6) is 0.297. The van der Waals surface area contributed by atoms with Crippen LogP contribution in [0, 0.1) is 0 Å². The fraction of sp³-hybridized carbons (Fsp3) is 0.200. The molecule has 0 atom stereocenters. The number of hydrogen-bond acceptors (Lipinski definition) is 3. The molecular weight excluding hydrogens is 356 g/mol. The van der Waals surface area contributed by atoms with E-state index in [4.69, 9.17) is 16.3 Å². The predicted molar refractivity (Wildman–Crippen MR) is 87.1 cm³/mol. The number of carbonyl (C=O) groups is 1. The topological polar surface area (TPSA) is 51.2 Å². The summed E-state index contributed by atoms with van der Waals surface area (Å²) >= 11 is 9.08. The number of nitrogens with zero attached hydrogens (tertiary/aromatic N) is 1. The number of benzene rings is 1. The van der Waals surface area contributed by atoms with Gasteiger partial charge in [-0.15, -0.1) is 0 Å². The number of aromatic nitrogens is 1. The molecule has 1 amide bonds. The minimum atomic E-state index is -0.258. The molecule has 0 aliphatic heterocycles. The Balaban J connectivity index is 2.20. The van der Waals surface area contributed by atoms with Crippen LogP contribution in [0.1, 0.15) is 23.7 Å². The first-order valence-corrected chi connectivity index (χ1v) is 7.62. The Morgan fingerprint density at radius 2 is 2.19 bits per heavy atom. The molecule has 21 heavy (non-hydrogen) atoms. The van der Waals surface area contributed by atoms with Gasteiger partial charge in [-0.25, -0.2) is 4.98 Å². The van der Waals surface area contributed by atoms with Gasteiger partial charge in [0.15, 0.2) is 0 Å². The van der Waals surface area contributed by atoms with Gasteiger partial charge in [-0.1, -0.05) is 34.5 Å². The molecule has 2 aromatic rings. The second kappa shape index (κ2) is 7.43. The maximum atomic E-state index is 12.4. The molecule has 0 aliphatic rings. The van der Waals surface area contributed by atoms with Crippen LogP contribution in [0.25, 0.3) is 0 Å². The molecule has 0 saturated heterocycles. The summed E-state index contributed by atoms with van der Waals surface area (Å²) in [6, 6.07) is 8.65. The number of nitrogens with one attached hydrogen (secondary N) is 1. The van der Waals surface area contributed by atoms with Crippen molar-refractivity contribution in [3.05, 3.63) is 51.7 Å². The van der Waals surface area contributed by atoms with E-state index >= 15 is 0 Å². The average Bonchev–Trinajstić information content (AvgIpc) is 2.48. The molecule has 0 radical (unpaired) electrons. The van der Waals surface area contributed by atoms with Gasteiger partial charge < -0.3 is 10.1 Å². The number of amides is 1. The van der Waals surface area contributed by atoms with Crippen LogP contribution in [0.3, 0.4) is 0 Å². The quantitative estimate of drug-likeness (QED) is 0.787. The van der Waals surface area contributed by atoms with E-state index < -0.39 is 0 Å². The molecule has 0 saturated carbocycles. The Morgan fingerprint density at radius 1 is 1.38 bits per heavy atom. The molecule has 4 nitrogen and oxygen atoms in total. The zero-order valence-electron chi connectivity index (χ0n) is 11.4. The molecule has 110 valence electrons. The molecule has 0 fully saturated rings. The fourth-order valence-corrected chi connectivity index (χ4v) is 2.14. The van der Waals surface area contributed by atoms with Gasteiger partial charge in [0.05, 0.1) is 24.1 Å². The highest BCUT2D eigenvalue weighted by Crippen LogP contribution is 2.24. The van der Waals surface area contributed by atoms with Crippen molar-refractivity contribution in [3.63, 3.8) is 0 Å². The third kappa shape index (κ3) is 4.44. The van der Waals surface area contributed by atoms with E-state index in [1.165, 1.54) is 6.20 Å². The number of carbonyl (C=O) groups excluding carboxylic acids is 1. The smallest absolute Gasteiger partial charge is 0.259 e. The maximum Gasteiger partial charge on any atom is 0.259 e. The van der Waals surface area contributed by atoms with Crippen LogP contribution in [0.4, 0.5) is 5.69 Å². The van der Waals surface area contributed by atoms with E-state index in [2.05, 4.69) is 26.2 Å². The number of hydrogen-bond donors (Lipinski definition) is 1. The van der Waals surface area contributed by atoms with Crippen molar-refractivity contribution in [1.29, 1.82) is 0 Å². The van der Waals surface area contributed by atoms with E-state index in [1.54, 1.807) is 24.3 Å². The predicted octanol–water partition coefficient (Wildman–Crippen LogP) is 4.54. The minimum Gasteiger partial charge on any atom is -0.493 e. The molecule has 0 spiro atoms. The van der Waals surface area contributed by atoms with Crippen LogP contribution in [0.2, 0.25) is 5.15 Å². The van der Waals surface area contributed by atoms with Crippen molar-refractivity contribution in [1.82, 2.24) is 4.98 Å². The highest BCUT2D eigenvalue weighted by molar-refractivity contribution is 9.10. The SMILES string of the molecule is CCCOc1ccc(Br)cc1C(=O)Nc1ccc(Cl)nc1. The second-order valence-electron chi connectivity index (χ2n) is 4.31. The first kappa shape index (κ1) is 15.8. The minimum absolute atomic E-state index is 0.258. The van der Waals surface area contributed by atoms with Crippen LogP contribution in [0.15, 0.2) is 41.0 Å². The third-order valence-electron chi connectivity index (χ3n) is 2.63. The standard InChI is InChI=1S/C15H14BrClN2O2/c1-2-7-21-13-5-3-10(16)8-12(13)15(20)19-11-4-6-14(17)18-9-11/h3-6,8-9H,2,7H2,1H3,(H,19,20). The molecule has 0 bridgehead atoms. The van der Waals surface area contributed by atoms with Gasteiger partial charge in [0.25, 0.3) is 5.91 Å². The van der Waals surface area contributed by atoms with E-state index in [-0.39, 0.29) is 5.91 Å². The summed E-state index contributed by atoms with van der Waals surface area (Å²) in [6.45, 7) is 2.57. The van der Waals surface area contributed by atoms with Gasteiger partial charge in [0.1, 0.15) is 10.9 Å². The normalized spacial score (nSPS) is 10.2. The molecule has 0 unspecified atom stereocenters. The molecule has 1 N–H and O–H groups in total. The van der Waals surface area contributed by atoms with Crippen LogP contribution in [-0.2, 0) is 0 Å². The molecule has 1 aromatic heterocycles. The number of pyridine rings is 1. The van der Waals surface area contributed by atoms with Gasteiger partial charge in [0, 0.05) is 4.47 Å². The largest absolute Gasteiger partial charge is 0.493 e. The van der Waals surface area contributed by atoms with Gasteiger partial charge in [-0.05, 0) is 36.8 Å². The number of anilines is 1. The maximum absolute atomic E-state index is 12.4. The summed E-state index contributed by atoms with van der Waals surface area (Å²) in [7, 11) is 0. The third-order valence-corrected chi connectivity index (χ3v) is 3.35. The summed E-state index contributed by atoms with van der Waals surface area (Å²) < 4.78 is 6.41. The number of rotatable bonds is 5. The summed E-state index contributed by atoms with van der Waals surface area (Å²) in [5.41, 5.74) is 1.04. The lowest BCUT2D eigenvalue weighted by Crippen LogP contribution is -2.14. The molecule has 1 heterocycles. The summed E-state index contributed by atoms with van der Waals surface area (Å²) in [6.07, 6.45) is 2.38. The first-order valence-electron chi connectivity index (χ1n) is 6.45. The molecule has 1 aromatic carbocycles. The molecule has 2 rings (SSSR count). The Kier molecular flexibility index (Phi) is 5.59. The molecule has 0 aliphatic carbocycles. The average molecular weight is 370 g/mol. The van der Waals surface area contributed by atoms with Crippen molar-refractivity contribution in [2.45, 2.75) is 13.3 Å². The van der Waals surface area contributed by atoms with Gasteiger partial charge in [-0.3, -0.25) is 4.79 Å². The molecule has 6 heteroatoms. The monoisotopic (exact) mass is 368 g/mol. The number of ether oxygens (including phenoxy) is 1. The highest BCUT2D eigenvalue weighted by Gasteiger charge is 2.13. The Labute approximate surface area is 136 Å². The van der Waals surface area contributed by atoms with E-state index in [9.17, 15) is 4.79 Å². The first-order chi connectivity index (χ1) is 10.1. The Hall–Kier alpha value is -1.59. The lowest BCUT2D eigenvalue weighted by molar-refractivity contribution is 0.102. The van der Waals surface area contributed by atoms with Crippen LogP contribution in [0.5, 0.6) is 5.75 Å². The van der Waals surface area contributed by atoms with Crippen LogP contribution in [-0.4, -0.2) is 17.5 Å². The Bertz CT molecular complexity index is 632. The van der Waals surface area contributed by atoms with Crippen molar-refractivity contribution in [3.8, 4) is 5.75 Å². The van der Waals surface area contributed by atoms with Gasteiger partial charge >= 0.3 is 0 Å². The van der Waals surface area contributed by atoms with Crippen molar-refractivity contribution in [2.75, 3.05) is 11.9 Å². The zero-order chi connectivity index (χ0) is 15.2. The summed E-state index contributed by atoms with van der Waals surface area (Å²) in [4.78, 5) is 16.3. The second-order valence-corrected chi connectivity index (χ2v) is 5.62. The lowest BCUT2D eigenvalue weighted by Gasteiger charge is -2.11. The van der Waals surface area contributed by atoms with E-state index in [1.807, 2.05) is 13.0 Å². The summed E-state index contributed by atoms with van der Waals surface area (Å²) in [5, 5.41) is 3.15. The fourth-order valence-electron chi connectivity index (χ4n) is 1.67. The highest BCUT2D eigenvalue weighted by atomic mass is 79.9. The van der Waals surface area contributed by atoms with Gasteiger partial charge in [-0.2, -0.15) is 0 Å². The van der Waals surface area contributed by atoms with E-state index in [0.717, 1.165) is 10.9 Å². The van der Waals surface area contributed by atoms with Crippen LogP contribution < -0.4 is 10.1 Å². The van der Waals surface area contributed by atoms with Crippen molar-refractivity contribution < 1.29 is 9.53 Å². The zero-order valence-corrected chi connectivity index (χ0v) is 13.7. The lowest BCUT2D eigenvalue weighted by atomic mass is 10.2. The Morgan fingerprint density at radius 3 is 2.86 bits per heavy atom. The van der Waals surface area contributed by atoms with Gasteiger partial charge in [0.2, 0.25) is 0 Å².